The Morgan fingerprint density at radius 1 is 0.624 bits per heavy atom. The van der Waals surface area contributed by atoms with E-state index >= 15 is 0 Å². The van der Waals surface area contributed by atoms with Crippen LogP contribution in [-0.4, -0.2) is 153 Å². The molecule has 2 unspecified atom stereocenters. The summed E-state index contributed by atoms with van der Waals surface area (Å²) in [6.45, 7) is 16.8. The minimum atomic E-state index is -4.23. The van der Waals surface area contributed by atoms with Crippen LogP contribution in [0.2, 0.25) is 0 Å². The Bertz CT molecular complexity index is 3830. The third kappa shape index (κ3) is 14.6. The number of hydrogen-bond donors (Lipinski definition) is 5. The van der Waals surface area contributed by atoms with Crippen molar-refractivity contribution in [3.8, 4) is 22.5 Å². The van der Waals surface area contributed by atoms with Gasteiger partial charge < -0.3 is 34.9 Å². The third-order valence-corrected chi connectivity index (χ3v) is 16.2. The monoisotopic (exact) mass is 1180 g/mol. The lowest BCUT2D eigenvalue weighted by Gasteiger charge is -2.39. The second kappa shape index (κ2) is 25.8. The molecule has 0 saturated carbocycles. The summed E-state index contributed by atoms with van der Waals surface area (Å²) in [6.07, 6.45) is -1.03. The van der Waals surface area contributed by atoms with E-state index < -0.39 is 31.4 Å². The van der Waals surface area contributed by atoms with Gasteiger partial charge in [-0.1, -0.05) is 0 Å². The standard InChI is InChI=1S/C30H36F3N7O2.C22H26F3N5O2.C8H12N2O/c1-18-12-19(2)36-29(42)25(18)15-34-28(41)24-14-23-13-22(26-6-7-35-37(26)5)16-40(23)27(20(24)3)21(4)39-10-8-38(9-11-39)17-30(31,32)33;1-14-18(21(31)32)11-17-10-16(19-4-5-26-27(19)3)12-30(17)20(14)15(2)29-8-6-28(7-9-29)13-22(23,24)25;1-5-3-6(2)10-8(11)7(5)4-9/h6-7,12-14,16,21H,8-11,15,17H2,1-5H3,(H,34,41)(H,36,42);4-5,10-12,15H,6-9,13H2,1-3H3,(H,31,32);3H,4,9H2,1-2H3,(H,10,11). The maximum Gasteiger partial charge on any atom is 0.401 e. The number of H-pyrrole nitrogens is 2. The van der Waals surface area contributed by atoms with Crippen molar-refractivity contribution in [3.05, 3.63) is 161 Å². The van der Waals surface area contributed by atoms with Crippen LogP contribution in [-0.2, 0) is 27.2 Å². The van der Waals surface area contributed by atoms with Crippen molar-refractivity contribution >= 4 is 22.9 Å². The maximum atomic E-state index is 13.6. The number of aromatic amines is 2. The molecule has 85 heavy (non-hydrogen) atoms. The molecule has 6 N–H and O–H groups in total. The average molecular weight is 1190 g/mol. The van der Waals surface area contributed by atoms with Crippen molar-refractivity contribution in [2.75, 3.05) is 65.4 Å². The van der Waals surface area contributed by atoms with Gasteiger partial charge in [0.1, 0.15) is 0 Å². The van der Waals surface area contributed by atoms with Crippen LogP contribution in [0.1, 0.15) is 103 Å². The molecule has 8 aromatic rings. The van der Waals surface area contributed by atoms with Gasteiger partial charge in [0.05, 0.1) is 30.0 Å². The van der Waals surface area contributed by atoms with E-state index in [4.69, 9.17) is 5.73 Å². The molecular weight excluding hydrogens is 1110 g/mol. The number of rotatable bonds is 13. The van der Waals surface area contributed by atoms with Crippen LogP contribution in [0.3, 0.4) is 0 Å². The summed E-state index contributed by atoms with van der Waals surface area (Å²) in [5, 5.41) is 21.2. The predicted octanol–water partition coefficient (Wildman–Crippen LogP) is 8.16. The Hall–Kier alpha value is -7.84. The molecule has 10 heterocycles. The summed E-state index contributed by atoms with van der Waals surface area (Å²) < 4.78 is 84.7. The van der Waals surface area contributed by atoms with Crippen LogP contribution < -0.4 is 22.2 Å². The highest BCUT2D eigenvalue weighted by Crippen LogP contribution is 2.35. The Kier molecular flexibility index (Phi) is 19.2. The average Bonchev–Trinajstić information content (AvgIpc) is 1.83. The van der Waals surface area contributed by atoms with Gasteiger partial charge in [-0.2, -0.15) is 36.5 Å². The zero-order valence-corrected chi connectivity index (χ0v) is 49.5. The van der Waals surface area contributed by atoms with Gasteiger partial charge in [-0.05, 0) is 126 Å². The third-order valence-electron chi connectivity index (χ3n) is 16.2. The van der Waals surface area contributed by atoms with Crippen LogP contribution in [0, 0.1) is 41.5 Å². The maximum absolute atomic E-state index is 13.6. The fourth-order valence-corrected chi connectivity index (χ4v) is 11.8. The molecule has 0 aromatic carbocycles. The summed E-state index contributed by atoms with van der Waals surface area (Å²) in [6, 6.07) is 14.7. The zero-order valence-electron chi connectivity index (χ0n) is 49.5. The van der Waals surface area contributed by atoms with E-state index in [2.05, 4.69) is 39.7 Å². The van der Waals surface area contributed by atoms with Gasteiger partial charge in [0.15, 0.2) is 0 Å². The number of nitrogens with zero attached hydrogens (tertiary/aromatic N) is 10. The smallest absolute Gasteiger partial charge is 0.401 e. The summed E-state index contributed by atoms with van der Waals surface area (Å²) in [7, 11) is 3.70. The number of carboxylic acid groups (broad SMARTS) is 1. The molecule has 0 radical (unpaired) electrons. The summed E-state index contributed by atoms with van der Waals surface area (Å²) in [4.78, 5) is 61.8. The van der Waals surface area contributed by atoms with E-state index in [0.717, 1.165) is 73.0 Å². The number of aromatic nitrogens is 8. The number of hydrogen-bond acceptors (Lipinski definition) is 11. The normalized spacial score (nSPS) is 15.6. The van der Waals surface area contributed by atoms with E-state index in [-0.39, 0.29) is 41.2 Å². The molecule has 1 amide bonds. The minimum Gasteiger partial charge on any atom is -0.478 e. The molecule has 0 bridgehead atoms. The van der Waals surface area contributed by atoms with Gasteiger partial charge in [-0.3, -0.25) is 43.3 Å². The number of aromatic carboxylic acids is 1. The fraction of sp³-hybridized carbons (Fsp3) is 0.433. The number of piperazine rings is 2. The van der Waals surface area contributed by atoms with Crippen LogP contribution in [0.15, 0.2) is 82.9 Å². The number of fused-ring (bicyclic) bond motifs is 2. The number of pyridine rings is 4. The molecule has 2 atom stereocenters. The molecule has 2 fully saturated rings. The Morgan fingerprint density at radius 3 is 1.39 bits per heavy atom. The number of carbonyl (C=O) groups excluding carboxylic acids is 1. The highest BCUT2D eigenvalue weighted by molar-refractivity contribution is 5.97. The fourth-order valence-electron chi connectivity index (χ4n) is 11.8. The predicted molar refractivity (Wildman–Crippen MR) is 313 cm³/mol. The van der Waals surface area contributed by atoms with Crippen molar-refractivity contribution in [2.45, 2.75) is 92.9 Å². The summed E-state index contributed by atoms with van der Waals surface area (Å²) >= 11 is 0. The number of halogens is 6. The number of amides is 1. The van der Waals surface area contributed by atoms with Gasteiger partial charge in [0, 0.05) is 178 Å². The van der Waals surface area contributed by atoms with Crippen molar-refractivity contribution in [2.24, 2.45) is 19.8 Å². The van der Waals surface area contributed by atoms with Gasteiger partial charge in [0.25, 0.3) is 17.0 Å². The van der Waals surface area contributed by atoms with Crippen LogP contribution in [0.4, 0.5) is 26.3 Å². The first-order valence-electron chi connectivity index (χ1n) is 28.0. The van der Waals surface area contributed by atoms with Crippen molar-refractivity contribution < 1.29 is 41.0 Å². The Balaban J connectivity index is 0.000000192. The quantitative estimate of drug-likeness (QED) is 0.0692. The van der Waals surface area contributed by atoms with Crippen molar-refractivity contribution in [1.29, 1.82) is 0 Å². The van der Waals surface area contributed by atoms with Crippen LogP contribution >= 0.6 is 0 Å². The molecular formula is C60H74F6N14O5. The van der Waals surface area contributed by atoms with Gasteiger partial charge in [-0.15, -0.1) is 0 Å². The molecule has 0 aliphatic carbocycles. The van der Waals surface area contributed by atoms with Crippen molar-refractivity contribution in [1.82, 2.24) is 63.2 Å². The molecule has 25 heteroatoms. The van der Waals surface area contributed by atoms with Crippen molar-refractivity contribution in [3.63, 3.8) is 0 Å². The Morgan fingerprint density at radius 2 is 1.02 bits per heavy atom. The number of aryl methyl sites for hydroxylation is 6. The number of nitrogens with one attached hydrogen (secondary N) is 3. The van der Waals surface area contributed by atoms with E-state index in [1.165, 1.54) is 9.80 Å². The molecule has 19 nitrogen and oxygen atoms in total. The zero-order chi connectivity index (χ0) is 62.0. The summed E-state index contributed by atoms with van der Waals surface area (Å²) in [5.74, 6) is -1.31. The molecule has 456 valence electrons. The van der Waals surface area contributed by atoms with Crippen LogP contribution in [0.5, 0.6) is 0 Å². The van der Waals surface area contributed by atoms with E-state index in [1.807, 2.05) is 122 Å². The molecule has 10 rings (SSSR count). The SMILES string of the molecule is Cc1c(C(=O)O)cc2cc(-c3ccnn3C)cn2c1C(C)N1CCN(CC(F)(F)F)CC1.Cc1cc(C)c(CN)c(=O)[nH]1.Cc1cc(C)c(CNC(=O)c2cc3cc(-c4ccnn4C)cn3c(C(C)N3CCN(CC(F)(F)F)CC3)c2C)c(=O)[nH]1. The Labute approximate surface area is 487 Å². The van der Waals surface area contributed by atoms with Gasteiger partial charge in [0.2, 0.25) is 0 Å². The lowest BCUT2D eigenvalue weighted by atomic mass is 10.00. The lowest BCUT2D eigenvalue weighted by molar-refractivity contribution is -0.150. The number of alkyl halides is 6. The topological polar surface area (TPSA) is 216 Å². The molecule has 2 aliphatic rings. The molecule has 8 aromatic heterocycles. The van der Waals surface area contributed by atoms with Gasteiger partial charge in [-0.25, -0.2) is 4.79 Å². The van der Waals surface area contributed by atoms with Gasteiger partial charge >= 0.3 is 18.3 Å². The lowest BCUT2D eigenvalue weighted by Crippen LogP contribution is -2.49. The first kappa shape index (κ1) is 63.2. The van der Waals surface area contributed by atoms with E-state index in [1.54, 1.807) is 34.7 Å². The number of carbonyl (C=O) groups is 2. The molecule has 2 saturated heterocycles. The summed E-state index contributed by atoms with van der Waals surface area (Å²) in [5.41, 5.74) is 18.7. The molecule has 2 aliphatic heterocycles. The second-order valence-electron chi connectivity index (χ2n) is 22.1. The number of nitrogens with two attached hydrogens (primary N) is 1. The van der Waals surface area contributed by atoms with Crippen LogP contribution in [0.25, 0.3) is 33.5 Å². The first-order chi connectivity index (χ1) is 40.0. The number of carboxylic acids is 1. The first-order valence-corrected chi connectivity index (χ1v) is 28.0. The largest absolute Gasteiger partial charge is 0.478 e. The van der Waals surface area contributed by atoms with E-state index in [9.17, 15) is 50.6 Å². The second-order valence-corrected chi connectivity index (χ2v) is 22.1. The highest BCUT2D eigenvalue weighted by Gasteiger charge is 2.36. The highest BCUT2D eigenvalue weighted by atomic mass is 19.4. The molecule has 0 spiro atoms. The van der Waals surface area contributed by atoms with E-state index in [0.29, 0.717) is 81.2 Å². The minimum absolute atomic E-state index is 0.0648.